The van der Waals surface area contributed by atoms with Gasteiger partial charge in [0.2, 0.25) is 65.0 Å². The van der Waals surface area contributed by atoms with E-state index >= 15 is 14.4 Å². The van der Waals surface area contributed by atoms with Gasteiger partial charge in [-0.2, -0.15) is 12.6 Å². The Morgan fingerprint density at radius 2 is 0.944 bits per heavy atom. The second kappa shape index (κ2) is 38.3. The van der Waals surface area contributed by atoms with Crippen LogP contribution < -0.4 is 21.3 Å². The summed E-state index contributed by atoms with van der Waals surface area (Å²) in [5.74, 6) is -9.48. The van der Waals surface area contributed by atoms with E-state index in [1.807, 2.05) is 41.5 Å². The molecular weight excluding hydrogens is 1170 g/mol. The van der Waals surface area contributed by atoms with Crippen molar-refractivity contribution in [1.29, 1.82) is 0 Å². The second-order valence-corrected chi connectivity index (χ2v) is 27.2. The van der Waals surface area contributed by atoms with Crippen LogP contribution in [0.1, 0.15) is 163 Å². The van der Waals surface area contributed by atoms with Crippen LogP contribution in [0.2, 0.25) is 0 Å². The molecule has 24 nitrogen and oxygen atoms in total. The number of ether oxygens (including phenoxy) is 1. The number of hydrogen-bond donors (Lipinski definition) is 6. The number of thiol groups is 1. The van der Waals surface area contributed by atoms with E-state index in [-0.39, 0.29) is 50.0 Å². The van der Waals surface area contributed by atoms with Gasteiger partial charge in [-0.15, -0.1) is 0 Å². The van der Waals surface area contributed by atoms with Gasteiger partial charge in [0.25, 0.3) is 0 Å². The Morgan fingerprint density at radius 1 is 0.489 bits per heavy atom. The molecular formula is C65H117N11O13S. The first kappa shape index (κ1) is 82.2. The third-order valence-electron chi connectivity index (χ3n) is 17.2. The van der Waals surface area contributed by atoms with E-state index < -0.39 is 161 Å². The highest BCUT2D eigenvalue weighted by Crippen LogP contribution is 2.26. The Bertz CT molecular complexity index is 2440. The number of unbranched alkanes of at least 4 members (excludes halogenated alkanes) is 1. The van der Waals surface area contributed by atoms with Crippen LogP contribution in [0.4, 0.5) is 0 Å². The van der Waals surface area contributed by atoms with Crippen LogP contribution in [-0.2, 0) is 57.5 Å². The third kappa shape index (κ3) is 22.8. The van der Waals surface area contributed by atoms with Crippen molar-refractivity contribution in [2.24, 2.45) is 35.5 Å². The zero-order valence-electron chi connectivity index (χ0n) is 58.9. The molecule has 14 atom stereocenters. The molecule has 0 saturated carbocycles. The molecule has 25 heteroatoms. The van der Waals surface area contributed by atoms with E-state index in [1.165, 1.54) is 89.7 Å². The summed E-state index contributed by atoms with van der Waals surface area (Å²) in [6.07, 6.45) is 3.06. The van der Waals surface area contributed by atoms with Gasteiger partial charge in [0.05, 0.1) is 12.2 Å². The molecule has 0 aromatic heterocycles. The lowest BCUT2D eigenvalue weighted by atomic mass is 9.91. The van der Waals surface area contributed by atoms with Gasteiger partial charge >= 0.3 is 0 Å². The van der Waals surface area contributed by atoms with Gasteiger partial charge in [-0.1, -0.05) is 95.2 Å². The minimum atomic E-state index is -1.64. The van der Waals surface area contributed by atoms with E-state index in [9.17, 15) is 43.5 Å². The number of carbonyl (C=O) groups is 11. The molecule has 5 N–H and O–H groups in total. The molecule has 1 saturated heterocycles. The predicted octanol–water partition coefficient (Wildman–Crippen LogP) is 3.73. The minimum absolute atomic E-state index is 0.00835. The lowest BCUT2D eigenvalue weighted by molar-refractivity contribution is -0.157. The van der Waals surface area contributed by atoms with Crippen LogP contribution in [0.15, 0.2) is 12.2 Å². The van der Waals surface area contributed by atoms with Crippen molar-refractivity contribution < 1.29 is 62.6 Å². The van der Waals surface area contributed by atoms with Crippen LogP contribution in [0, 0.1) is 35.5 Å². The van der Waals surface area contributed by atoms with E-state index in [2.05, 4.69) is 33.9 Å². The zero-order chi connectivity index (χ0) is 69.7. The van der Waals surface area contributed by atoms with Crippen molar-refractivity contribution in [3.63, 3.8) is 0 Å². The number of nitrogens with zero attached hydrogens (tertiary/aromatic N) is 7. The minimum Gasteiger partial charge on any atom is -0.390 e. The van der Waals surface area contributed by atoms with Crippen molar-refractivity contribution in [1.82, 2.24) is 55.6 Å². The highest BCUT2D eigenvalue weighted by atomic mass is 32.1. The second-order valence-electron chi connectivity index (χ2n) is 26.8. The molecule has 1 aliphatic heterocycles. The molecule has 0 bridgehead atoms. The van der Waals surface area contributed by atoms with Crippen LogP contribution in [-0.4, -0.2) is 245 Å². The van der Waals surface area contributed by atoms with Crippen molar-refractivity contribution in [2.45, 2.75) is 241 Å². The quantitative estimate of drug-likeness (QED) is 0.0612. The molecule has 1 rings (SSSR count). The lowest BCUT2D eigenvalue weighted by Gasteiger charge is -2.41. The smallest absolute Gasteiger partial charge is 0.246 e. The summed E-state index contributed by atoms with van der Waals surface area (Å²) in [6.45, 7) is 29.3. The number of carbonyl (C=O) groups excluding carboxylic acids is 11. The van der Waals surface area contributed by atoms with E-state index in [1.54, 1.807) is 67.5 Å². The fraction of sp³-hybridized carbons (Fsp3) is 0.800. The summed E-state index contributed by atoms with van der Waals surface area (Å²) < 4.78 is 6.18. The van der Waals surface area contributed by atoms with Crippen molar-refractivity contribution in [3.05, 3.63) is 12.2 Å². The molecule has 1 heterocycles. The number of aliphatic hydroxyl groups is 1. The number of hydrogen-bond acceptors (Lipinski definition) is 14. The van der Waals surface area contributed by atoms with E-state index in [4.69, 9.17) is 4.74 Å². The molecule has 1 aliphatic rings. The van der Waals surface area contributed by atoms with E-state index in [0.29, 0.717) is 25.0 Å². The fourth-order valence-electron chi connectivity index (χ4n) is 11.3. The van der Waals surface area contributed by atoms with E-state index in [0.717, 1.165) is 14.7 Å². The van der Waals surface area contributed by atoms with Crippen molar-refractivity contribution in [2.75, 3.05) is 61.7 Å². The summed E-state index contributed by atoms with van der Waals surface area (Å²) in [5, 5.41) is 23.2. The Balaban J connectivity index is 4.44. The maximum Gasteiger partial charge on any atom is 0.246 e. The van der Waals surface area contributed by atoms with Crippen molar-refractivity contribution >= 4 is 77.6 Å². The Labute approximate surface area is 544 Å². The van der Waals surface area contributed by atoms with Gasteiger partial charge in [0.1, 0.15) is 66.5 Å². The Kier molecular flexibility index (Phi) is 34.9. The summed E-state index contributed by atoms with van der Waals surface area (Å²) in [5.41, 5.74) is 0. The zero-order valence-corrected chi connectivity index (χ0v) is 59.8. The summed E-state index contributed by atoms with van der Waals surface area (Å²) in [7, 11) is 9.85. The number of rotatable bonds is 19. The van der Waals surface area contributed by atoms with Crippen molar-refractivity contribution in [3.8, 4) is 0 Å². The maximum atomic E-state index is 15.2. The molecule has 0 aliphatic carbocycles. The topological polar surface area (TPSA) is 288 Å². The number of amides is 11. The monoisotopic (exact) mass is 1290 g/mol. The fourth-order valence-corrected chi connectivity index (χ4v) is 11.5. The average Bonchev–Trinajstić information content (AvgIpc) is 1.38. The van der Waals surface area contributed by atoms with Crippen LogP contribution in [0.5, 0.6) is 0 Å². The molecule has 0 radical (unpaired) electrons. The molecule has 516 valence electrons. The molecule has 0 aromatic carbocycles. The first-order valence-corrected chi connectivity index (χ1v) is 32.9. The lowest BCUT2D eigenvalue weighted by Crippen LogP contribution is -2.64. The molecule has 0 spiro atoms. The molecule has 0 aromatic rings. The van der Waals surface area contributed by atoms with Gasteiger partial charge < -0.3 is 65.4 Å². The summed E-state index contributed by atoms with van der Waals surface area (Å²) >= 11 is 4.31. The number of aliphatic hydroxyl groups excluding tert-OH is 1. The van der Waals surface area contributed by atoms with Gasteiger partial charge in [-0.05, 0) is 121 Å². The largest absolute Gasteiger partial charge is 0.390 e. The molecule has 0 unspecified atom stereocenters. The summed E-state index contributed by atoms with van der Waals surface area (Å²) in [6, 6.07) is -14.1. The number of likely N-dealkylation sites (N-methyl/N-ethyl adjacent to an activating group) is 7. The Morgan fingerprint density at radius 3 is 1.42 bits per heavy atom. The van der Waals surface area contributed by atoms with Gasteiger partial charge in [0, 0.05) is 55.9 Å². The average molecular weight is 1290 g/mol. The molecule has 11 amide bonds. The molecule has 90 heavy (non-hydrogen) atoms. The highest BCUT2D eigenvalue weighted by molar-refractivity contribution is 7.80. The van der Waals surface area contributed by atoms with Gasteiger partial charge in [-0.25, -0.2) is 0 Å². The highest BCUT2D eigenvalue weighted by Gasteiger charge is 2.46. The standard InChI is InChI=1S/C65H117N11O13S/c1-25-27-30-41(13)54(77)53-58(81)68-46(26-2)61(84)70(18)44(16)60(83)75(23)52(45(17)89-31-28-29-32-90)57(80)69-50(39(9)10)64(87)71(19)47(33-36(3)4)56(79)66-42(14)55(78)67-43(15)59(82)72(20)48(34-37(5)6)62(85)73(21)49(35-38(7)8)63(86)74(22)51(40(11)12)65(88)76(53)24/h25,27,36-54,77,90H,26,28-35H2,1-24H3,(H,66,79)(H,67,78)(H,68,81)(H,69,80)/b27-25+/t41-,42+,43+,44-,45-,46+,47-,48+,49-,50+,51+,52+,53+,54-/m1/s1. The van der Waals surface area contributed by atoms with Crippen LogP contribution >= 0.6 is 12.6 Å². The first-order chi connectivity index (χ1) is 41.7. The third-order valence-corrected chi connectivity index (χ3v) is 17.5. The molecule has 1 fully saturated rings. The first-order valence-electron chi connectivity index (χ1n) is 32.3. The predicted molar refractivity (Wildman–Crippen MR) is 352 cm³/mol. The number of allylic oxidation sites excluding steroid dienone is 2. The maximum absolute atomic E-state index is 15.2. The van der Waals surface area contributed by atoms with Crippen LogP contribution in [0.25, 0.3) is 0 Å². The SMILES string of the molecule is C/C=C/C[C@@H](C)[C@@H](O)[C@H]1C(=O)N[C@@H](CC)C(=O)N(C)[C@H](C)C(=O)N(C)[C@@H]([C@@H](C)OCCCCS)C(=O)N[C@@H](C(C)C)C(=O)N(C)[C@H](CC(C)C)C(=O)N[C@@H](C)C(=O)N[C@@H](C)C(=O)N(C)[C@@H](CC(C)C)C(=O)N(C)[C@H](CC(C)C)C(=O)N(C)[C@@H](C(C)C)C(=O)N1C. The Hall–Kier alpha value is -5.82. The number of nitrogens with one attached hydrogen (secondary N) is 4. The van der Waals surface area contributed by atoms with Gasteiger partial charge in [-0.3, -0.25) is 52.7 Å². The van der Waals surface area contributed by atoms with Gasteiger partial charge in [0.15, 0.2) is 0 Å². The van der Waals surface area contributed by atoms with Crippen LogP contribution in [0.3, 0.4) is 0 Å². The normalized spacial score (nSPS) is 27.2. The summed E-state index contributed by atoms with van der Waals surface area (Å²) in [4.78, 5) is 171.